The third-order valence-corrected chi connectivity index (χ3v) is 5.96. The van der Waals surface area contributed by atoms with Crippen LogP contribution in [-0.4, -0.2) is 72.6 Å². The number of amides is 1. The van der Waals surface area contributed by atoms with Gasteiger partial charge in [-0.3, -0.25) is 4.79 Å². The van der Waals surface area contributed by atoms with Crippen molar-refractivity contribution in [3.8, 4) is 11.5 Å². The topological polar surface area (TPSA) is 79.8 Å². The molecule has 1 N–H and O–H groups in total. The second kappa shape index (κ2) is 10.4. The van der Waals surface area contributed by atoms with Crippen LogP contribution >= 0.6 is 11.6 Å². The molecule has 1 amide bonds. The highest BCUT2D eigenvalue weighted by molar-refractivity contribution is 6.31. The molecule has 0 unspecified atom stereocenters. The van der Waals surface area contributed by atoms with Crippen LogP contribution in [0.4, 0.5) is 15.9 Å². The Morgan fingerprint density at radius 2 is 2.12 bits per heavy atom. The van der Waals surface area contributed by atoms with Crippen LogP contribution in [0.2, 0.25) is 5.02 Å². The van der Waals surface area contributed by atoms with Crippen LogP contribution in [0.1, 0.15) is 12.8 Å². The van der Waals surface area contributed by atoms with Crippen LogP contribution < -0.4 is 14.8 Å². The van der Waals surface area contributed by atoms with E-state index in [2.05, 4.69) is 15.3 Å². The molecule has 0 saturated carbocycles. The SMILES string of the molecule is COc1cc(OC[C@@H]2CCCN2C(=O)CN(C)C)c2c(Nc3ccc(F)c(Cl)c3)ncnc2c1. The largest absolute Gasteiger partial charge is 0.497 e. The molecule has 0 radical (unpaired) electrons. The quantitative estimate of drug-likeness (QED) is 0.512. The van der Waals surface area contributed by atoms with Crippen LogP contribution in [-0.2, 0) is 4.79 Å². The normalized spacial score (nSPS) is 15.7. The number of carbonyl (C=O) groups is 1. The summed E-state index contributed by atoms with van der Waals surface area (Å²) in [5.74, 6) is 1.18. The van der Waals surface area contributed by atoms with E-state index in [1.54, 1.807) is 25.3 Å². The van der Waals surface area contributed by atoms with Gasteiger partial charge in [0, 0.05) is 24.4 Å². The molecule has 0 spiro atoms. The van der Waals surface area contributed by atoms with Crippen LogP contribution in [0.25, 0.3) is 10.9 Å². The van der Waals surface area contributed by atoms with Gasteiger partial charge in [0.05, 0.1) is 35.6 Å². The summed E-state index contributed by atoms with van der Waals surface area (Å²) in [7, 11) is 5.33. The molecule has 0 aliphatic carbocycles. The van der Waals surface area contributed by atoms with Crippen molar-refractivity contribution in [3.05, 3.63) is 47.5 Å². The van der Waals surface area contributed by atoms with Crippen molar-refractivity contribution >= 4 is 39.9 Å². The molecule has 3 aromatic rings. The zero-order valence-electron chi connectivity index (χ0n) is 19.3. The summed E-state index contributed by atoms with van der Waals surface area (Å²) in [5, 5.41) is 3.83. The number of hydrogen-bond donors (Lipinski definition) is 1. The fraction of sp³-hybridized carbons (Fsp3) is 0.375. The fourth-order valence-electron chi connectivity index (χ4n) is 4.05. The van der Waals surface area contributed by atoms with E-state index >= 15 is 0 Å². The number of halogens is 2. The Morgan fingerprint density at radius 1 is 1.29 bits per heavy atom. The summed E-state index contributed by atoms with van der Waals surface area (Å²) in [6, 6.07) is 7.89. The van der Waals surface area contributed by atoms with Crippen molar-refractivity contribution in [2.45, 2.75) is 18.9 Å². The predicted octanol–water partition coefficient (Wildman–Crippen LogP) is 4.11. The highest BCUT2D eigenvalue weighted by Gasteiger charge is 2.29. The maximum Gasteiger partial charge on any atom is 0.237 e. The first-order chi connectivity index (χ1) is 16.4. The van der Waals surface area contributed by atoms with E-state index in [9.17, 15) is 9.18 Å². The molecule has 1 fully saturated rings. The first kappa shape index (κ1) is 24.0. The molecule has 34 heavy (non-hydrogen) atoms. The van der Waals surface area contributed by atoms with Gasteiger partial charge in [-0.1, -0.05) is 11.6 Å². The molecule has 1 aromatic heterocycles. The van der Waals surface area contributed by atoms with Gasteiger partial charge in [-0.05, 0) is 45.1 Å². The van der Waals surface area contributed by atoms with Gasteiger partial charge < -0.3 is 24.6 Å². The number of likely N-dealkylation sites (tertiary alicyclic amines) is 1. The predicted molar refractivity (Wildman–Crippen MR) is 130 cm³/mol. The summed E-state index contributed by atoms with van der Waals surface area (Å²) in [4.78, 5) is 25.1. The second-order valence-corrected chi connectivity index (χ2v) is 8.83. The number of rotatable bonds is 8. The number of fused-ring (bicyclic) bond motifs is 1. The molecule has 0 bridgehead atoms. The Kier molecular flexibility index (Phi) is 7.33. The van der Waals surface area contributed by atoms with Gasteiger partial charge in [-0.25, -0.2) is 14.4 Å². The van der Waals surface area contributed by atoms with Crippen molar-refractivity contribution in [2.24, 2.45) is 0 Å². The van der Waals surface area contributed by atoms with Gasteiger partial charge in [-0.2, -0.15) is 0 Å². The van der Waals surface area contributed by atoms with E-state index in [1.165, 1.54) is 18.5 Å². The lowest BCUT2D eigenvalue weighted by molar-refractivity contribution is -0.133. The maximum absolute atomic E-state index is 13.6. The van der Waals surface area contributed by atoms with Gasteiger partial charge in [0.25, 0.3) is 0 Å². The zero-order chi connectivity index (χ0) is 24.2. The molecule has 2 heterocycles. The Labute approximate surface area is 202 Å². The van der Waals surface area contributed by atoms with Gasteiger partial charge in [-0.15, -0.1) is 0 Å². The lowest BCUT2D eigenvalue weighted by atomic mass is 10.2. The maximum atomic E-state index is 13.6. The van der Waals surface area contributed by atoms with Crippen molar-refractivity contribution in [3.63, 3.8) is 0 Å². The molecular weight excluding hydrogens is 461 g/mol. The number of ether oxygens (including phenoxy) is 2. The Hall–Kier alpha value is -3.17. The van der Waals surface area contributed by atoms with Crippen LogP contribution in [0.5, 0.6) is 11.5 Å². The molecule has 8 nitrogen and oxygen atoms in total. The Balaban J connectivity index is 1.63. The molecule has 180 valence electrons. The van der Waals surface area contributed by atoms with Crippen molar-refractivity contribution < 1.29 is 18.7 Å². The van der Waals surface area contributed by atoms with Crippen LogP contribution in [0, 0.1) is 5.82 Å². The van der Waals surface area contributed by atoms with Crippen molar-refractivity contribution in [2.75, 3.05) is 46.2 Å². The molecule has 1 aliphatic rings. The number of anilines is 2. The fourth-order valence-corrected chi connectivity index (χ4v) is 4.23. The van der Waals surface area contributed by atoms with Gasteiger partial charge in [0.1, 0.15) is 36.1 Å². The number of nitrogens with one attached hydrogen (secondary N) is 1. The van der Waals surface area contributed by atoms with E-state index in [0.29, 0.717) is 47.1 Å². The molecule has 1 aliphatic heterocycles. The third kappa shape index (κ3) is 5.31. The lowest BCUT2D eigenvalue weighted by Crippen LogP contribution is -2.43. The minimum Gasteiger partial charge on any atom is -0.497 e. The van der Waals surface area contributed by atoms with E-state index in [0.717, 1.165) is 19.4 Å². The minimum atomic E-state index is -0.501. The molecule has 1 saturated heterocycles. The third-order valence-electron chi connectivity index (χ3n) is 5.67. The summed E-state index contributed by atoms with van der Waals surface area (Å²) in [6.45, 7) is 1.42. The van der Waals surface area contributed by atoms with E-state index in [-0.39, 0.29) is 17.0 Å². The summed E-state index contributed by atoms with van der Waals surface area (Å²) < 4.78 is 25.3. The molecule has 4 rings (SSSR count). The monoisotopic (exact) mass is 487 g/mol. The average Bonchev–Trinajstić information content (AvgIpc) is 3.28. The number of carbonyl (C=O) groups excluding carboxylic acids is 1. The van der Waals surface area contributed by atoms with E-state index in [1.807, 2.05) is 23.9 Å². The Bertz CT molecular complexity index is 1190. The van der Waals surface area contributed by atoms with Gasteiger partial charge in [0.15, 0.2) is 0 Å². The number of aromatic nitrogens is 2. The second-order valence-electron chi connectivity index (χ2n) is 8.43. The van der Waals surface area contributed by atoms with Crippen LogP contribution in [0.15, 0.2) is 36.7 Å². The smallest absolute Gasteiger partial charge is 0.237 e. The first-order valence-corrected chi connectivity index (χ1v) is 11.4. The molecule has 1 atom stereocenters. The highest BCUT2D eigenvalue weighted by Crippen LogP contribution is 2.36. The molecule has 2 aromatic carbocycles. The lowest BCUT2D eigenvalue weighted by Gasteiger charge is -2.26. The number of likely N-dealkylation sites (N-methyl/N-ethyl adjacent to an activating group) is 1. The summed E-state index contributed by atoms with van der Waals surface area (Å²) in [5.41, 5.74) is 1.19. The highest BCUT2D eigenvalue weighted by atomic mass is 35.5. The number of methoxy groups -OCH3 is 1. The average molecular weight is 488 g/mol. The number of benzene rings is 2. The van der Waals surface area contributed by atoms with Gasteiger partial charge in [0.2, 0.25) is 5.91 Å². The van der Waals surface area contributed by atoms with E-state index < -0.39 is 5.82 Å². The minimum absolute atomic E-state index is 0.00483. The van der Waals surface area contributed by atoms with Crippen LogP contribution in [0.3, 0.4) is 0 Å². The number of nitrogens with zero attached hydrogens (tertiary/aromatic N) is 4. The number of hydrogen-bond acceptors (Lipinski definition) is 7. The summed E-state index contributed by atoms with van der Waals surface area (Å²) in [6.07, 6.45) is 3.24. The Morgan fingerprint density at radius 3 is 2.85 bits per heavy atom. The summed E-state index contributed by atoms with van der Waals surface area (Å²) >= 11 is 5.94. The van der Waals surface area contributed by atoms with Crippen molar-refractivity contribution in [1.82, 2.24) is 19.8 Å². The van der Waals surface area contributed by atoms with Gasteiger partial charge >= 0.3 is 0 Å². The molecule has 10 heteroatoms. The van der Waals surface area contributed by atoms with E-state index in [4.69, 9.17) is 21.1 Å². The first-order valence-electron chi connectivity index (χ1n) is 11.0. The standard InChI is InChI=1S/C24H27ClFN5O3/c1-30(2)12-22(32)31-8-4-5-16(31)13-34-21-11-17(33-3)10-20-23(21)24(28-14-27-20)29-15-6-7-19(26)18(25)9-15/h6-7,9-11,14,16H,4-5,8,12-13H2,1-3H3,(H,27,28,29)/t16-/m0/s1. The zero-order valence-corrected chi connectivity index (χ0v) is 20.1. The molecular formula is C24H27ClFN5O3. The van der Waals surface area contributed by atoms with Crippen molar-refractivity contribution in [1.29, 1.82) is 0 Å².